The van der Waals surface area contributed by atoms with Gasteiger partial charge in [0.25, 0.3) is 0 Å². The molecule has 0 bridgehead atoms. The number of nitrogen functional groups attached to an aromatic ring is 1. The number of aryl methyl sites for hydroxylation is 2. The number of hydrogen-bond donors (Lipinski definition) is 1. The summed E-state index contributed by atoms with van der Waals surface area (Å²) in [5, 5.41) is 1.16. The highest BCUT2D eigenvalue weighted by Crippen LogP contribution is 2.18. The maximum absolute atomic E-state index is 6.04. The second kappa shape index (κ2) is 6.19. The molecule has 1 aromatic carbocycles. The van der Waals surface area contributed by atoms with Crippen LogP contribution in [0.5, 0.6) is 0 Å². The van der Waals surface area contributed by atoms with Crippen molar-refractivity contribution < 1.29 is 28.5 Å². The Kier molecular flexibility index (Phi) is 5.18. The quantitative estimate of drug-likeness (QED) is 0.609. The average molecular weight is 342 g/mol. The van der Waals surface area contributed by atoms with Gasteiger partial charge in [-0.1, -0.05) is 25.5 Å². The van der Waals surface area contributed by atoms with Gasteiger partial charge in [-0.3, -0.25) is 0 Å². The molecule has 17 heavy (non-hydrogen) atoms. The molecule has 2 rings (SSSR count). The highest BCUT2D eigenvalue weighted by Gasteiger charge is 2.13. The van der Waals surface area contributed by atoms with Crippen LogP contribution in [0.4, 0.5) is 5.69 Å². The molecule has 3 heteroatoms. The van der Waals surface area contributed by atoms with Gasteiger partial charge in [0.05, 0.1) is 11.1 Å². The van der Waals surface area contributed by atoms with Gasteiger partial charge in [0.15, 0.2) is 5.69 Å². The predicted octanol–water partition coefficient (Wildman–Crippen LogP) is -0.178. The van der Waals surface area contributed by atoms with Gasteiger partial charge < -0.3 is 29.7 Å². The van der Waals surface area contributed by atoms with Crippen LogP contribution in [0, 0.1) is 6.92 Å². The van der Waals surface area contributed by atoms with E-state index < -0.39 is 0 Å². The number of anilines is 1. The van der Waals surface area contributed by atoms with E-state index in [0.717, 1.165) is 17.6 Å². The molecular formula is C14H19IN2. The van der Waals surface area contributed by atoms with E-state index in [1.54, 1.807) is 0 Å². The Hall–Kier alpha value is -0.840. The molecule has 0 aliphatic carbocycles. The van der Waals surface area contributed by atoms with Gasteiger partial charge in [-0.15, -0.1) is 0 Å². The van der Waals surface area contributed by atoms with Crippen LogP contribution in [0.25, 0.3) is 10.9 Å². The molecule has 0 aliphatic heterocycles. The van der Waals surface area contributed by atoms with Crippen molar-refractivity contribution in [3.8, 4) is 0 Å². The predicted molar refractivity (Wildman–Crippen MR) is 68.2 cm³/mol. The summed E-state index contributed by atoms with van der Waals surface area (Å²) < 4.78 is 2.36. The molecule has 0 unspecified atom stereocenters. The Labute approximate surface area is 120 Å². The fourth-order valence-electron chi connectivity index (χ4n) is 2.14. The minimum atomic E-state index is 0. The number of hydrogen-bond acceptors (Lipinski definition) is 1. The van der Waals surface area contributed by atoms with Crippen molar-refractivity contribution in [2.45, 2.75) is 33.2 Å². The first-order valence-electron chi connectivity index (χ1n) is 5.91. The number of aromatic nitrogens is 1. The van der Waals surface area contributed by atoms with Crippen LogP contribution >= 0.6 is 0 Å². The summed E-state index contributed by atoms with van der Waals surface area (Å²) in [5.74, 6) is 0. The molecule has 0 spiro atoms. The van der Waals surface area contributed by atoms with Gasteiger partial charge in [-0.25, -0.2) is 0 Å². The first-order chi connectivity index (χ1) is 7.74. The van der Waals surface area contributed by atoms with Crippen LogP contribution in [-0.2, 0) is 6.54 Å². The van der Waals surface area contributed by atoms with Crippen LogP contribution in [0.15, 0.2) is 30.3 Å². The summed E-state index contributed by atoms with van der Waals surface area (Å²) >= 11 is 0. The molecule has 0 saturated heterocycles. The van der Waals surface area contributed by atoms with E-state index in [2.05, 4.69) is 42.7 Å². The normalized spacial score (nSPS) is 10.2. The van der Waals surface area contributed by atoms with Crippen molar-refractivity contribution in [3.63, 3.8) is 0 Å². The molecule has 0 atom stereocenters. The zero-order valence-electron chi connectivity index (χ0n) is 10.4. The number of nitrogens with two attached hydrogens (primary N) is 1. The second-order valence-electron chi connectivity index (χ2n) is 4.26. The summed E-state index contributed by atoms with van der Waals surface area (Å²) in [6.07, 6.45) is 2.42. The second-order valence-corrected chi connectivity index (χ2v) is 4.26. The average Bonchev–Trinajstić information content (AvgIpc) is 2.29. The summed E-state index contributed by atoms with van der Waals surface area (Å²) in [4.78, 5) is 0. The maximum Gasteiger partial charge on any atom is 0.214 e. The van der Waals surface area contributed by atoms with Crippen LogP contribution in [0.3, 0.4) is 0 Å². The Bertz CT molecular complexity index is 509. The van der Waals surface area contributed by atoms with E-state index in [1.165, 1.54) is 24.1 Å². The monoisotopic (exact) mass is 342 g/mol. The topological polar surface area (TPSA) is 29.9 Å². The van der Waals surface area contributed by atoms with Crippen molar-refractivity contribution in [1.29, 1.82) is 0 Å². The van der Waals surface area contributed by atoms with E-state index in [0.29, 0.717) is 0 Å². The van der Waals surface area contributed by atoms with Gasteiger partial charge in [-0.2, -0.15) is 4.57 Å². The third-order valence-corrected chi connectivity index (χ3v) is 3.03. The van der Waals surface area contributed by atoms with Gasteiger partial charge in [0.2, 0.25) is 5.52 Å². The van der Waals surface area contributed by atoms with E-state index in [1.807, 2.05) is 6.07 Å². The highest BCUT2D eigenvalue weighted by atomic mass is 127. The molecule has 1 heterocycles. The first-order valence-corrected chi connectivity index (χ1v) is 5.91. The zero-order chi connectivity index (χ0) is 11.5. The van der Waals surface area contributed by atoms with E-state index >= 15 is 0 Å². The summed E-state index contributed by atoms with van der Waals surface area (Å²) in [7, 11) is 0. The Balaban J connectivity index is 0.00000144. The van der Waals surface area contributed by atoms with Crippen LogP contribution in [-0.4, -0.2) is 0 Å². The van der Waals surface area contributed by atoms with E-state index in [9.17, 15) is 0 Å². The van der Waals surface area contributed by atoms with Gasteiger partial charge in [-0.05, 0) is 6.07 Å². The lowest BCUT2D eigenvalue weighted by Gasteiger charge is -2.06. The number of fused-ring (bicyclic) bond motifs is 1. The van der Waals surface area contributed by atoms with Crippen molar-refractivity contribution in [2.75, 3.05) is 5.73 Å². The minimum Gasteiger partial charge on any atom is -1.00 e. The number of pyridine rings is 1. The third kappa shape index (κ3) is 2.89. The molecule has 0 aliphatic rings. The number of nitrogens with zero attached hydrogens (tertiary/aromatic N) is 1. The van der Waals surface area contributed by atoms with Crippen molar-refractivity contribution >= 4 is 16.6 Å². The maximum atomic E-state index is 6.04. The van der Waals surface area contributed by atoms with Crippen LogP contribution in [0.1, 0.15) is 25.5 Å². The third-order valence-electron chi connectivity index (χ3n) is 3.03. The Morgan fingerprint density at radius 2 is 1.94 bits per heavy atom. The standard InChI is InChI=1S/C14H18N2.HI/c1-3-4-9-16-11(2)10-13(15)12-7-5-6-8-14(12)16;/h5-8,10,15H,3-4,9H2,1-2H3;1H. The van der Waals surface area contributed by atoms with Gasteiger partial charge >= 0.3 is 0 Å². The van der Waals surface area contributed by atoms with Crippen LogP contribution in [0.2, 0.25) is 0 Å². The number of para-hydroxylation sites is 1. The van der Waals surface area contributed by atoms with Gasteiger partial charge in [0, 0.05) is 25.5 Å². The molecule has 0 radical (unpaired) electrons. The smallest absolute Gasteiger partial charge is 0.214 e. The van der Waals surface area contributed by atoms with Crippen molar-refractivity contribution in [1.82, 2.24) is 0 Å². The number of benzene rings is 1. The molecule has 0 saturated carbocycles. The van der Waals surface area contributed by atoms with E-state index in [-0.39, 0.29) is 24.0 Å². The molecule has 2 N–H and O–H groups in total. The molecule has 1 aromatic heterocycles. The number of rotatable bonds is 3. The summed E-state index contributed by atoms with van der Waals surface area (Å²) in [6, 6.07) is 10.4. The molecule has 0 fully saturated rings. The fraction of sp³-hybridized carbons (Fsp3) is 0.357. The molecule has 0 amide bonds. The lowest BCUT2D eigenvalue weighted by Crippen LogP contribution is -3.00. The zero-order valence-corrected chi connectivity index (χ0v) is 12.6. The van der Waals surface area contributed by atoms with E-state index in [4.69, 9.17) is 5.73 Å². The Morgan fingerprint density at radius 3 is 2.65 bits per heavy atom. The van der Waals surface area contributed by atoms with Gasteiger partial charge in [0.1, 0.15) is 6.54 Å². The largest absolute Gasteiger partial charge is 1.00 e. The summed E-state index contributed by atoms with van der Waals surface area (Å²) in [5.41, 5.74) is 9.40. The highest BCUT2D eigenvalue weighted by molar-refractivity contribution is 5.87. The van der Waals surface area contributed by atoms with Crippen LogP contribution < -0.4 is 34.3 Å². The summed E-state index contributed by atoms with van der Waals surface area (Å²) in [6.45, 7) is 5.41. The SMILES string of the molecule is CCCC[n+]1c(C)cc(N)c2ccccc21.[I-]. The fourth-order valence-corrected chi connectivity index (χ4v) is 2.14. The molecular weight excluding hydrogens is 323 g/mol. The molecule has 2 nitrogen and oxygen atoms in total. The first kappa shape index (κ1) is 14.2. The molecule has 92 valence electrons. The lowest BCUT2D eigenvalue weighted by atomic mass is 10.1. The molecule has 2 aromatic rings. The van der Waals surface area contributed by atoms with Crippen molar-refractivity contribution in [2.24, 2.45) is 0 Å². The van der Waals surface area contributed by atoms with Crippen molar-refractivity contribution in [3.05, 3.63) is 36.0 Å². The number of unbranched alkanes of at least 4 members (excludes halogenated alkanes) is 1. The lowest BCUT2D eigenvalue weighted by molar-refractivity contribution is -0.677. The minimum absolute atomic E-state index is 0. The number of halogens is 1. The Morgan fingerprint density at radius 1 is 1.24 bits per heavy atom.